The lowest BCUT2D eigenvalue weighted by molar-refractivity contribution is 0.129. The first-order valence-corrected chi connectivity index (χ1v) is 7.76. The van der Waals surface area contributed by atoms with Crippen molar-refractivity contribution in [3.8, 4) is 0 Å². The Labute approximate surface area is 128 Å². The number of nitrogens with zero attached hydrogens (tertiary/aromatic N) is 3. The van der Waals surface area contributed by atoms with Crippen LogP contribution in [-0.2, 0) is 18.2 Å². The smallest absolute Gasteiger partial charge is 0.190 e. The predicted molar refractivity (Wildman–Crippen MR) is 86.6 cm³/mol. The van der Waals surface area contributed by atoms with Crippen LogP contribution in [0.1, 0.15) is 31.7 Å². The van der Waals surface area contributed by atoms with Gasteiger partial charge in [-0.25, -0.2) is 0 Å². The average molecular weight is 295 g/mol. The minimum Gasteiger partial charge on any atom is -0.381 e. The maximum absolute atomic E-state index is 5.52. The number of aliphatic imine (C=N–C) groups is 1. The van der Waals surface area contributed by atoms with Crippen LogP contribution >= 0.6 is 0 Å². The molecule has 0 saturated carbocycles. The molecule has 0 aliphatic rings. The maximum Gasteiger partial charge on any atom is 0.190 e. The number of unbranched alkanes of at least 4 members (excludes halogenated alkanes) is 1. The standard InChI is InChI=1S/C15H29N5O/c1-4-5-10-21-11-6-8-17-15(16-2)18-9-7-14-12-19-20(3)13-14/h12-13H,4-11H2,1-3H3,(H2,16,17,18). The summed E-state index contributed by atoms with van der Waals surface area (Å²) in [6.07, 6.45) is 8.19. The molecule has 0 bridgehead atoms. The fraction of sp³-hybridized carbons (Fsp3) is 0.733. The Morgan fingerprint density at radius 3 is 2.71 bits per heavy atom. The van der Waals surface area contributed by atoms with Gasteiger partial charge in [-0.05, 0) is 24.8 Å². The number of rotatable bonds is 10. The number of guanidine groups is 1. The van der Waals surface area contributed by atoms with Gasteiger partial charge in [0.1, 0.15) is 0 Å². The first-order chi connectivity index (χ1) is 10.3. The summed E-state index contributed by atoms with van der Waals surface area (Å²) in [6, 6.07) is 0. The predicted octanol–water partition coefficient (Wildman–Crippen LogP) is 1.33. The summed E-state index contributed by atoms with van der Waals surface area (Å²) in [6.45, 7) is 5.57. The van der Waals surface area contributed by atoms with E-state index in [1.165, 1.54) is 12.0 Å². The average Bonchev–Trinajstić information content (AvgIpc) is 2.90. The van der Waals surface area contributed by atoms with Crippen molar-refractivity contribution in [3.63, 3.8) is 0 Å². The summed E-state index contributed by atoms with van der Waals surface area (Å²) in [7, 11) is 3.72. The third-order valence-electron chi connectivity index (χ3n) is 3.09. The summed E-state index contributed by atoms with van der Waals surface area (Å²) in [5, 5.41) is 10.7. The van der Waals surface area contributed by atoms with Crippen LogP contribution in [0, 0.1) is 0 Å². The minimum atomic E-state index is 0.805. The maximum atomic E-state index is 5.52. The van der Waals surface area contributed by atoms with E-state index in [-0.39, 0.29) is 0 Å². The SMILES string of the molecule is CCCCOCCCNC(=NC)NCCc1cnn(C)c1. The first kappa shape index (κ1) is 17.5. The Bertz CT molecular complexity index is 403. The molecule has 1 rings (SSSR count). The topological polar surface area (TPSA) is 63.5 Å². The summed E-state index contributed by atoms with van der Waals surface area (Å²) in [5.41, 5.74) is 1.23. The number of aryl methyl sites for hydroxylation is 1. The quantitative estimate of drug-likeness (QED) is 0.388. The number of ether oxygens (including phenoxy) is 1. The molecular weight excluding hydrogens is 266 g/mol. The van der Waals surface area contributed by atoms with Crippen LogP contribution < -0.4 is 10.6 Å². The summed E-state index contributed by atoms with van der Waals surface area (Å²) >= 11 is 0. The number of aromatic nitrogens is 2. The summed E-state index contributed by atoms with van der Waals surface area (Å²) < 4.78 is 7.34. The summed E-state index contributed by atoms with van der Waals surface area (Å²) in [4.78, 5) is 4.20. The van der Waals surface area contributed by atoms with Crippen LogP contribution in [0.25, 0.3) is 0 Å². The molecule has 0 radical (unpaired) electrons. The lowest BCUT2D eigenvalue weighted by Gasteiger charge is -2.11. The lowest BCUT2D eigenvalue weighted by atomic mass is 10.2. The highest BCUT2D eigenvalue weighted by molar-refractivity contribution is 5.79. The highest BCUT2D eigenvalue weighted by Crippen LogP contribution is 1.95. The van der Waals surface area contributed by atoms with E-state index in [2.05, 4.69) is 27.6 Å². The molecular formula is C15H29N5O. The minimum absolute atomic E-state index is 0.805. The molecule has 0 aliphatic carbocycles. The zero-order valence-electron chi connectivity index (χ0n) is 13.6. The number of hydrogen-bond acceptors (Lipinski definition) is 3. The van der Waals surface area contributed by atoms with Gasteiger partial charge in [-0.2, -0.15) is 5.10 Å². The fourth-order valence-electron chi connectivity index (χ4n) is 1.88. The Balaban J connectivity index is 2.04. The zero-order valence-corrected chi connectivity index (χ0v) is 13.6. The van der Waals surface area contributed by atoms with Crippen molar-refractivity contribution in [2.75, 3.05) is 33.4 Å². The Hall–Kier alpha value is -1.56. The molecule has 0 aromatic carbocycles. The van der Waals surface area contributed by atoms with Crippen molar-refractivity contribution in [2.24, 2.45) is 12.0 Å². The molecule has 0 fully saturated rings. The van der Waals surface area contributed by atoms with Gasteiger partial charge in [-0.15, -0.1) is 0 Å². The van der Waals surface area contributed by atoms with Crippen molar-refractivity contribution in [2.45, 2.75) is 32.6 Å². The Morgan fingerprint density at radius 2 is 2.05 bits per heavy atom. The second-order valence-corrected chi connectivity index (χ2v) is 5.02. The molecule has 1 heterocycles. The molecule has 0 spiro atoms. The van der Waals surface area contributed by atoms with E-state index in [9.17, 15) is 0 Å². The molecule has 120 valence electrons. The molecule has 6 heteroatoms. The van der Waals surface area contributed by atoms with Gasteiger partial charge >= 0.3 is 0 Å². The van der Waals surface area contributed by atoms with Crippen LogP contribution in [0.2, 0.25) is 0 Å². The van der Waals surface area contributed by atoms with E-state index in [4.69, 9.17) is 4.74 Å². The highest BCUT2D eigenvalue weighted by atomic mass is 16.5. The molecule has 0 saturated heterocycles. The molecule has 0 aliphatic heterocycles. The van der Waals surface area contributed by atoms with Gasteiger partial charge in [-0.3, -0.25) is 9.67 Å². The van der Waals surface area contributed by atoms with Gasteiger partial charge < -0.3 is 15.4 Å². The van der Waals surface area contributed by atoms with Crippen molar-refractivity contribution in [1.29, 1.82) is 0 Å². The van der Waals surface area contributed by atoms with Gasteiger partial charge in [0.2, 0.25) is 0 Å². The second kappa shape index (κ2) is 11.1. The largest absolute Gasteiger partial charge is 0.381 e. The van der Waals surface area contributed by atoms with E-state index in [1.807, 2.05) is 24.1 Å². The monoisotopic (exact) mass is 295 g/mol. The lowest BCUT2D eigenvalue weighted by Crippen LogP contribution is -2.39. The van der Waals surface area contributed by atoms with Gasteiger partial charge in [0.15, 0.2) is 5.96 Å². The second-order valence-electron chi connectivity index (χ2n) is 5.02. The van der Waals surface area contributed by atoms with E-state index in [1.54, 1.807) is 7.05 Å². The van der Waals surface area contributed by atoms with E-state index in [0.29, 0.717) is 0 Å². The van der Waals surface area contributed by atoms with Crippen LogP contribution in [0.5, 0.6) is 0 Å². The van der Waals surface area contributed by atoms with Crippen molar-refractivity contribution in [3.05, 3.63) is 18.0 Å². The number of hydrogen-bond donors (Lipinski definition) is 2. The molecule has 0 atom stereocenters. The molecule has 1 aromatic rings. The van der Waals surface area contributed by atoms with E-state index < -0.39 is 0 Å². The normalized spacial score (nSPS) is 11.7. The molecule has 2 N–H and O–H groups in total. The third kappa shape index (κ3) is 8.34. The Kier molecular flexibility index (Phi) is 9.28. The highest BCUT2D eigenvalue weighted by Gasteiger charge is 1.99. The Morgan fingerprint density at radius 1 is 1.29 bits per heavy atom. The van der Waals surface area contributed by atoms with Crippen molar-refractivity contribution in [1.82, 2.24) is 20.4 Å². The van der Waals surface area contributed by atoms with Crippen LogP contribution in [0.4, 0.5) is 0 Å². The zero-order chi connectivity index (χ0) is 15.3. The first-order valence-electron chi connectivity index (χ1n) is 7.76. The number of nitrogens with one attached hydrogen (secondary N) is 2. The van der Waals surface area contributed by atoms with Crippen molar-refractivity contribution < 1.29 is 4.74 Å². The van der Waals surface area contributed by atoms with Gasteiger partial charge in [-0.1, -0.05) is 13.3 Å². The molecule has 21 heavy (non-hydrogen) atoms. The fourth-order valence-corrected chi connectivity index (χ4v) is 1.88. The van der Waals surface area contributed by atoms with Gasteiger partial charge in [0.25, 0.3) is 0 Å². The van der Waals surface area contributed by atoms with E-state index in [0.717, 1.165) is 51.5 Å². The van der Waals surface area contributed by atoms with Crippen LogP contribution in [0.3, 0.4) is 0 Å². The van der Waals surface area contributed by atoms with E-state index >= 15 is 0 Å². The van der Waals surface area contributed by atoms with Gasteiger partial charge in [0, 0.05) is 46.6 Å². The molecule has 0 unspecified atom stereocenters. The summed E-state index contributed by atoms with van der Waals surface area (Å²) in [5.74, 6) is 0.840. The van der Waals surface area contributed by atoms with Crippen molar-refractivity contribution >= 4 is 5.96 Å². The molecule has 0 amide bonds. The van der Waals surface area contributed by atoms with Crippen LogP contribution in [-0.4, -0.2) is 49.1 Å². The molecule has 1 aromatic heterocycles. The third-order valence-corrected chi connectivity index (χ3v) is 3.09. The van der Waals surface area contributed by atoms with Gasteiger partial charge in [0.05, 0.1) is 6.20 Å². The van der Waals surface area contributed by atoms with Crippen LogP contribution in [0.15, 0.2) is 17.4 Å². The molecule has 6 nitrogen and oxygen atoms in total.